The molecule has 0 spiro atoms. The van der Waals surface area contributed by atoms with Gasteiger partial charge in [-0.2, -0.15) is 0 Å². The second kappa shape index (κ2) is 7.27. The number of anilines is 1. The van der Waals surface area contributed by atoms with Gasteiger partial charge in [-0.15, -0.1) is 0 Å². The minimum absolute atomic E-state index is 0.000349. The monoisotopic (exact) mass is 275 g/mol. The molecule has 1 aliphatic heterocycles. The predicted octanol–water partition coefficient (Wildman–Crippen LogP) is 2.99. The third-order valence-electron chi connectivity index (χ3n) is 3.79. The van der Waals surface area contributed by atoms with E-state index in [0.29, 0.717) is 5.56 Å². The summed E-state index contributed by atoms with van der Waals surface area (Å²) >= 11 is 0. The molecule has 1 atom stereocenters. The van der Waals surface area contributed by atoms with Crippen LogP contribution in [0.3, 0.4) is 0 Å². The lowest BCUT2D eigenvalue weighted by molar-refractivity contribution is 0.0938. The summed E-state index contributed by atoms with van der Waals surface area (Å²) in [5.41, 5.74) is 0.706. The molecule has 2 heterocycles. The number of nitrogens with zero attached hydrogens (tertiary/aromatic N) is 2. The van der Waals surface area contributed by atoms with Crippen molar-refractivity contribution >= 4 is 11.7 Å². The number of hydrogen-bond donors (Lipinski definition) is 1. The van der Waals surface area contributed by atoms with Gasteiger partial charge < -0.3 is 10.2 Å². The number of aromatic nitrogens is 1. The summed E-state index contributed by atoms with van der Waals surface area (Å²) in [6, 6.07) is 3.93. The van der Waals surface area contributed by atoms with E-state index in [4.69, 9.17) is 0 Å². The summed E-state index contributed by atoms with van der Waals surface area (Å²) in [5.74, 6) is 0.841. The number of piperidine rings is 1. The lowest BCUT2D eigenvalue weighted by Gasteiger charge is -2.29. The van der Waals surface area contributed by atoms with Gasteiger partial charge in [-0.3, -0.25) is 4.79 Å². The molecule has 110 valence electrons. The Kier molecular flexibility index (Phi) is 5.39. The van der Waals surface area contributed by atoms with Crippen LogP contribution in [-0.4, -0.2) is 30.0 Å². The Morgan fingerprint density at radius 3 is 2.85 bits per heavy atom. The molecule has 0 aliphatic carbocycles. The number of amides is 1. The van der Waals surface area contributed by atoms with Crippen LogP contribution >= 0.6 is 0 Å². The van der Waals surface area contributed by atoms with Gasteiger partial charge in [-0.1, -0.05) is 13.3 Å². The lowest BCUT2D eigenvalue weighted by Crippen LogP contribution is -2.36. The summed E-state index contributed by atoms with van der Waals surface area (Å²) in [6.07, 6.45) is 7.50. The van der Waals surface area contributed by atoms with Crippen LogP contribution in [0.15, 0.2) is 18.3 Å². The molecule has 0 saturated carbocycles. The van der Waals surface area contributed by atoms with E-state index in [0.717, 1.165) is 31.7 Å². The summed E-state index contributed by atoms with van der Waals surface area (Å²) < 4.78 is 0. The summed E-state index contributed by atoms with van der Waals surface area (Å²) in [6.45, 7) is 6.19. The molecule has 0 bridgehead atoms. The van der Waals surface area contributed by atoms with Crippen LogP contribution in [-0.2, 0) is 0 Å². The largest absolute Gasteiger partial charge is 0.356 e. The highest BCUT2D eigenvalue weighted by Crippen LogP contribution is 2.21. The Hall–Kier alpha value is -1.58. The van der Waals surface area contributed by atoms with Gasteiger partial charge in [0.1, 0.15) is 5.82 Å². The van der Waals surface area contributed by atoms with Gasteiger partial charge in [0.15, 0.2) is 0 Å². The van der Waals surface area contributed by atoms with Gasteiger partial charge in [0.25, 0.3) is 5.91 Å². The van der Waals surface area contributed by atoms with Gasteiger partial charge in [0.05, 0.1) is 5.56 Å². The van der Waals surface area contributed by atoms with Crippen molar-refractivity contribution in [2.75, 3.05) is 18.0 Å². The molecule has 1 aromatic heterocycles. The number of rotatable bonds is 5. The molecule has 1 fully saturated rings. The molecule has 20 heavy (non-hydrogen) atoms. The standard InChI is InChI=1S/C16H25N3O/c1-3-8-13(2)18-16(20)14-9-7-10-17-15(14)19-11-5-4-6-12-19/h7,9-10,13H,3-6,8,11-12H2,1-2H3,(H,18,20)/t13-/m1/s1. The van der Waals surface area contributed by atoms with Crippen molar-refractivity contribution in [3.8, 4) is 0 Å². The van der Waals surface area contributed by atoms with Crippen LogP contribution in [0.1, 0.15) is 56.3 Å². The molecular weight excluding hydrogens is 250 g/mol. The maximum atomic E-state index is 12.4. The molecule has 1 N–H and O–H groups in total. The summed E-state index contributed by atoms with van der Waals surface area (Å²) in [7, 11) is 0. The van der Waals surface area contributed by atoms with Crippen LogP contribution in [0.5, 0.6) is 0 Å². The van der Waals surface area contributed by atoms with Gasteiger partial charge in [0.2, 0.25) is 0 Å². The van der Waals surface area contributed by atoms with Crippen LogP contribution in [0.2, 0.25) is 0 Å². The highest BCUT2D eigenvalue weighted by molar-refractivity contribution is 5.99. The van der Waals surface area contributed by atoms with E-state index in [9.17, 15) is 4.79 Å². The quantitative estimate of drug-likeness (QED) is 0.898. The Labute approximate surface area is 121 Å². The van der Waals surface area contributed by atoms with Crippen molar-refractivity contribution < 1.29 is 4.79 Å². The molecule has 1 aliphatic rings. The normalized spacial score (nSPS) is 16.8. The molecule has 4 nitrogen and oxygen atoms in total. The van der Waals surface area contributed by atoms with Crippen molar-refractivity contribution in [1.29, 1.82) is 0 Å². The number of carbonyl (C=O) groups is 1. The van der Waals surface area contributed by atoms with E-state index < -0.39 is 0 Å². The van der Waals surface area contributed by atoms with Crippen molar-refractivity contribution in [3.63, 3.8) is 0 Å². The van der Waals surface area contributed by atoms with E-state index in [1.807, 2.05) is 12.1 Å². The SMILES string of the molecule is CCC[C@@H](C)NC(=O)c1cccnc1N1CCCCC1. The number of pyridine rings is 1. The molecule has 1 aromatic rings. The fourth-order valence-electron chi connectivity index (χ4n) is 2.74. The maximum absolute atomic E-state index is 12.4. The molecular formula is C16H25N3O. The van der Waals surface area contributed by atoms with Crippen LogP contribution in [0.25, 0.3) is 0 Å². The first-order chi connectivity index (χ1) is 9.72. The third kappa shape index (κ3) is 3.71. The molecule has 2 rings (SSSR count). The molecule has 0 aromatic carbocycles. The van der Waals surface area contributed by atoms with Crippen LogP contribution < -0.4 is 10.2 Å². The van der Waals surface area contributed by atoms with Gasteiger partial charge in [0, 0.05) is 25.3 Å². The van der Waals surface area contributed by atoms with Gasteiger partial charge in [-0.25, -0.2) is 4.98 Å². The Bertz CT molecular complexity index is 441. The van der Waals surface area contributed by atoms with Crippen molar-refractivity contribution in [3.05, 3.63) is 23.9 Å². The first-order valence-electron chi connectivity index (χ1n) is 7.73. The van der Waals surface area contributed by atoms with E-state index in [2.05, 4.69) is 29.0 Å². The topological polar surface area (TPSA) is 45.2 Å². The average molecular weight is 275 g/mol. The zero-order valence-corrected chi connectivity index (χ0v) is 12.6. The van der Waals surface area contributed by atoms with Crippen molar-refractivity contribution in [2.24, 2.45) is 0 Å². The number of nitrogens with one attached hydrogen (secondary N) is 1. The van der Waals surface area contributed by atoms with Crippen molar-refractivity contribution in [2.45, 2.75) is 52.0 Å². The Balaban J connectivity index is 2.12. The predicted molar refractivity (Wildman–Crippen MR) is 82.1 cm³/mol. The lowest BCUT2D eigenvalue weighted by atomic mass is 10.1. The first kappa shape index (κ1) is 14.8. The minimum atomic E-state index is -0.000349. The summed E-state index contributed by atoms with van der Waals surface area (Å²) in [4.78, 5) is 19.1. The van der Waals surface area contributed by atoms with E-state index >= 15 is 0 Å². The molecule has 1 amide bonds. The second-order valence-corrected chi connectivity index (χ2v) is 5.59. The zero-order chi connectivity index (χ0) is 14.4. The van der Waals surface area contributed by atoms with Crippen LogP contribution in [0, 0.1) is 0 Å². The van der Waals surface area contributed by atoms with E-state index in [1.165, 1.54) is 19.3 Å². The van der Waals surface area contributed by atoms with Gasteiger partial charge >= 0.3 is 0 Å². The Morgan fingerprint density at radius 1 is 1.40 bits per heavy atom. The smallest absolute Gasteiger partial charge is 0.255 e. The maximum Gasteiger partial charge on any atom is 0.255 e. The molecule has 1 saturated heterocycles. The fourth-order valence-corrected chi connectivity index (χ4v) is 2.74. The first-order valence-corrected chi connectivity index (χ1v) is 7.73. The second-order valence-electron chi connectivity index (χ2n) is 5.59. The minimum Gasteiger partial charge on any atom is -0.356 e. The molecule has 4 heteroatoms. The van der Waals surface area contributed by atoms with Crippen molar-refractivity contribution in [1.82, 2.24) is 10.3 Å². The molecule has 0 unspecified atom stereocenters. The van der Waals surface area contributed by atoms with Crippen LogP contribution in [0.4, 0.5) is 5.82 Å². The fraction of sp³-hybridized carbons (Fsp3) is 0.625. The zero-order valence-electron chi connectivity index (χ0n) is 12.6. The highest BCUT2D eigenvalue weighted by Gasteiger charge is 2.20. The third-order valence-corrected chi connectivity index (χ3v) is 3.79. The van der Waals surface area contributed by atoms with Gasteiger partial charge in [-0.05, 0) is 44.7 Å². The molecule has 0 radical (unpaired) electrons. The van der Waals surface area contributed by atoms with E-state index in [-0.39, 0.29) is 11.9 Å². The highest BCUT2D eigenvalue weighted by atomic mass is 16.1. The Morgan fingerprint density at radius 2 is 2.15 bits per heavy atom. The number of carbonyl (C=O) groups excluding carboxylic acids is 1. The average Bonchev–Trinajstić information content (AvgIpc) is 2.48. The van der Waals surface area contributed by atoms with E-state index in [1.54, 1.807) is 6.20 Å². The summed E-state index contributed by atoms with van der Waals surface area (Å²) in [5, 5.41) is 3.07. The number of hydrogen-bond acceptors (Lipinski definition) is 3.